The molecule has 32 heavy (non-hydrogen) atoms. The first kappa shape index (κ1) is 23.0. The van der Waals surface area contributed by atoms with Crippen LogP contribution in [0.4, 0.5) is 11.5 Å². The smallest absolute Gasteiger partial charge is 0.265 e. The maximum atomic E-state index is 12.8. The molecule has 3 aromatic rings. The summed E-state index contributed by atoms with van der Waals surface area (Å²) in [5.74, 6) is 0.296. The highest BCUT2D eigenvalue weighted by molar-refractivity contribution is 7.92. The number of benzene rings is 2. The third-order valence-corrected chi connectivity index (χ3v) is 6.59. The molecular formula is C22H25N5O4S. The summed E-state index contributed by atoms with van der Waals surface area (Å²) in [6.45, 7) is 2.40. The Morgan fingerprint density at radius 3 is 2.44 bits per heavy atom. The molecular weight excluding hydrogens is 430 g/mol. The number of hydrogen-bond donors (Lipinski definition) is 3. The molecule has 0 spiro atoms. The van der Waals surface area contributed by atoms with Gasteiger partial charge in [0.05, 0.1) is 4.90 Å². The van der Waals surface area contributed by atoms with Crippen LogP contribution in [0, 0.1) is 18.3 Å². The summed E-state index contributed by atoms with van der Waals surface area (Å²) in [7, 11) is -2.36. The number of aryl methyl sites for hydroxylation is 1. The van der Waals surface area contributed by atoms with E-state index in [1.807, 2.05) is 6.07 Å². The summed E-state index contributed by atoms with van der Waals surface area (Å²) < 4.78 is 31.6. The molecule has 1 atom stereocenters. The second-order valence-electron chi connectivity index (χ2n) is 7.18. The van der Waals surface area contributed by atoms with E-state index in [2.05, 4.69) is 15.8 Å². The van der Waals surface area contributed by atoms with Crippen LogP contribution < -0.4 is 14.9 Å². The summed E-state index contributed by atoms with van der Waals surface area (Å²) in [6, 6.07) is 16.7. The lowest BCUT2D eigenvalue weighted by Crippen LogP contribution is -2.33. The summed E-state index contributed by atoms with van der Waals surface area (Å²) in [5.41, 5.74) is 1.26. The number of carbonyl (C=O) groups excluding carboxylic acids is 1. The molecule has 10 heteroatoms. The number of hydrogen-bond acceptors (Lipinski definition) is 7. The topological polar surface area (TPSA) is 128 Å². The first-order valence-corrected chi connectivity index (χ1v) is 11.4. The van der Waals surface area contributed by atoms with Crippen molar-refractivity contribution in [3.8, 4) is 0 Å². The van der Waals surface area contributed by atoms with E-state index in [4.69, 9.17) is 9.93 Å². The van der Waals surface area contributed by atoms with Gasteiger partial charge in [0.1, 0.15) is 5.76 Å². The van der Waals surface area contributed by atoms with E-state index in [9.17, 15) is 13.2 Å². The minimum absolute atomic E-state index is 0.116. The maximum absolute atomic E-state index is 12.8. The first-order chi connectivity index (χ1) is 15.3. The summed E-state index contributed by atoms with van der Waals surface area (Å²) in [6.07, 6.45) is 1.27. The van der Waals surface area contributed by atoms with Gasteiger partial charge in [-0.3, -0.25) is 9.10 Å². The molecule has 3 N–H and O–H groups in total. The summed E-state index contributed by atoms with van der Waals surface area (Å²) >= 11 is 0. The molecule has 0 saturated heterocycles. The van der Waals surface area contributed by atoms with Crippen molar-refractivity contribution in [1.82, 2.24) is 10.5 Å². The fraction of sp³-hybridized carbons (Fsp3) is 0.227. The number of anilines is 2. The van der Waals surface area contributed by atoms with Gasteiger partial charge in [0.25, 0.3) is 15.9 Å². The van der Waals surface area contributed by atoms with Gasteiger partial charge >= 0.3 is 0 Å². The van der Waals surface area contributed by atoms with Crippen LogP contribution >= 0.6 is 0 Å². The largest absolute Gasteiger partial charge is 0.384 e. The lowest BCUT2D eigenvalue weighted by atomic mass is 10.1. The average molecular weight is 456 g/mol. The fourth-order valence-corrected chi connectivity index (χ4v) is 4.01. The minimum atomic E-state index is -3.78. The molecule has 0 saturated carbocycles. The van der Waals surface area contributed by atoms with Crippen LogP contribution in [0.25, 0.3) is 0 Å². The first-order valence-electron chi connectivity index (χ1n) is 9.91. The number of nitrogens with one attached hydrogen (secondary N) is 3. The summed E-state index contributed by atoms with van der Waals surface area (Å²) in [5, 5.41) is 17.3. The van der Waals surface area contributed by atoms with Crippen LogP contribution in [0.15, 0.2) is 70.1 Å². The predicted molar refractivity (Wildman–Crippen MR) is 123 cm³/mol. The van der Waals surface area contributed by atoms with Crippen molar-refractivity contribution >= 4 is 33.7 Å². The number of carbonyl (C=O) groups is 1. The minimum Gasteiger partial charge on any atom is -0.384 e. The van der Waals surface area contributed by atoms with E-state index in [-0.39, 0.29) is 22.5 Å². The maximum Gasteiger partial charge on any atom is 0.265 e. The molecule has 0 bridgehead atoms. The van der Waals surface area contributed by atoms with Crippen LogP contribution in [0.1, 0.15) is 16.1 Å². The van der Waals surface area contributed by atoms with Crippen LogP contribution in [0.5, 0.6) is 0 Å². The molecule has 0 aliphatic carbocycles. The van der Waals surface area contributed by atoms with Gasteiger partial charge in [0.2, 0.25) is 0 Å². The second-order valence-corrected chi connectivity index (χ2v) is 9.15. The SMILES string of the molecule is Cc1cc(N(C)S(=O)(=O)c2ccc(NCC(C=N)CNC(=O)c3ccccc3)cc2)no1. The van der Waals surface area contributed by atoms with Crippen molar-refractivity contribution < 1.29 is 17.7 Å². The Hall–Kier alpha value is -3.66. The van der Waals surface area contributed by atoms with Crippen LogP contribution in [0.2, 0.25) is 0 Å². The lowest BCUT2D eigenvalue weighted by molar-refractivity contribution is 0.0951. The van der Waals surface area contributed by atoms with Crippen molar-refractivity contribution in [2.75, 3.05) is 29.8 Å². The molecule has 1 amide bonds. The quantitative estimate of drug-likeness (QED) is 0.403. The molecule has 2 aromatic carbocycles. The number of aromatic nitrogens is 1. The van der Waals surface area contributed by atoms with Crippen molar-refractivity contribution in [3.05, 3.63) is 72.0 Å². The van der Waals surface area contributed by atoms with Gasteiger partial charge in [-0.2, -0.15) is 0 Å². The second kappa shape index (κ2) is 10.1. The average Bonchev–Trinajstić information content (AvgIpc) is 3.25. The number of amides is 1. The van der Waals surface area contributed by atoms with Crippen LogP contribution in [-0.4, -0.2) is 45.8 Å². The standard InChI is InChI=1S/C22H25N5O4S/c1-16-12-21(26-31-16)27(2)32(29,30)20-10-8-19(9-11-20)24-14-17(13-23)15-25-22(28)18-6-4-3-5-7-18/h3-13,17,23-24H,14-15H2,1-2H3,(H,25,28). The van der Waals surface area contributed by atoms with Gasteiger partial charge in [0.15, 0.2) is 5.82 Å². The molecule has 9 nitrogen and oxygen atoms in total. The van der Waals surface area contributed by atoms with Gasteiger partial charge in [0, 0.05) is 49.6 Å². The van der Waals surface area contributed by atoms with E-state index in [0.29, 0.717) is 30.1 Å². The molecule has 0 radical (unpaired) electrons. The molecule has 1 unspecified atom stereocenters. The van der Waals surface area contributed by atoms with E-state index in [1.54, 1.807) is 49.4 Å². The third kappa shape index (κ3) is 5.52. The van der Waals surface area contributed by atoms with Crippen LogP contribution in [0.3, 0.4) is 0 Å². The Morgan fingerprint density at radius 2 is 1.84 bits per heavy atom. The Balaban J connectivity index is 1.56. The van der Waals surface area contributed by atoms with Crippen LogP contribution in [-0.2, 0) is 10.0 Å². The van der Waals surface area contributed by atoms with Gasteiger partial charge in [-0.1, -0.05) is 23.4 Å². The normalized spacial score (nSPS) is 12.1. The lowest BCUT2D eigenvalue weighted by Gasteiger charge is -2.17. The Kier molecular flexibility index (Phi) is 7.26. The molecule has 1 aromatic heterocycles. The van der Waals surface area contributed by atoms with E-state index in [0.717, 1.165) is 4.31 Å². The highest BCUT2D eigenvalue weighted by Crippen LogP contribution is 2.22. The van der Waals surface area contributed by atoms with Gasteiger partial charge in [-0.05, 0) is 43.3 Å². The zero-order chi connectivity index (χ0) is 23.1. The van der Waals surface area contributed by atoms with Gasteiger partial charge < -0.3 is 20.6 Å². The van der Waals surface area contributed by atoms with Crippen molar-refractivity contribution in [2.24, 2.45) is 5.92 Å². The molecule has 0 aliphatic rings. The fourth-order valence-electron chi connectivity index (χ4n) is 2.88. The highest BCUT2D eigenvalue weighted by Gasteiger charge is 2.23. The Labute approximate surface area is 187 Å². The monoisotopic (exact) mass is 455 g/mol. The molecule has 168 valence electrons. The number of sulfonamides is 1. The van der Waals surface area contributed by atoms with E-state index < -0.39 is 10.0 Å². The predicted octanol–water partition coefficient (Wildman–Crippen LogP) is 2.92. The zero-order valence-corrected chi connectivity index (χ0v) is 18.6. The van der Waals surface area contributed by atoms with Crippen molar-refractivity contribution in [3.63, 3.8) is 0 Å². The number of rotatable bonds is 10. The molecule has 1 heterocycles. The molecule has 0 aliphatic heterocycles. The zero-order valence-electron chi connectivity index (χ0n) is 17.8. The number of nitrogens with zero attached hydrogens (tertiary/aromatic N) is 2. The highest BCUT2D eigenvalue weighted by atomic mass is 32.2. The molecule has 3 rings (SSSR count). The third-order valence-electron chi connectivity index (χ3n) is 4.82. The Bertz CT molecular complexity index is 1160. The van der Waals surface area contributed by atoms with E-state index >= 15 is 0 Å². The van der Waals surface area contributed by atoms with E-state index in [1.165, 1.54) is 25.4 Å². The summed E-state index contributed by atoms with van der Waals surface area (Å²) in [4.78, 5) is 12.3. The van der Waals surface area contributed by atoms with Gasteiger partial charge in [-0.25, -0.2) is 8.42 Å². The van der Waals surface area contributed by atoms with Gasteiger partial charge in [-0.15, -0.1) is 0 Å². The molecule has 0 fully saturated rings. The van der Waals surface area contributed by atoms with Crippen molar-refractivity contribution in [1.29, 1.82) is 5.41 Å². The van der Waals surface area contributed by atoms with Crippen molar-refractivity contribution in [2.45, 2.75) is 11.8 Å². The Morgan fingerprint density at radius 1 is 1.16 bits per heavy atom.